The van der Waals surface area contributed by atoms with Crippen LogP contribution in [0.1, 0.15) is 41.0 Å². The standard InChI is InChI=1S/C41H41N3O5/c42-39(45)37(22-13-28-43-41(47)48-30-32-14-5-1-6-15-32)44(29-27-31-23-25-36(26-24-31)49-35-20-11-4-12-21-35)40(46)38(33-16-7-2-8-17-33)34-18-9-3-10-19-34/h1-12,14-21,23-26,37-38H,13,22,27-30H2,(H2,42,45)(H,43,47)/t37-/m1/s1. The van der Waals surface area contributed by atoms with E-state index in [2.05, 4.69) is 5.32 Å². The minimum Gasteiger partial charge on any atom is -0.457 e. The number of para-hydroxylation sites is 1. The smallest absolute Gasteiger partial charge is 0.407 e. The van der Waals surface area contributed by atoms with Crippen molar-refractivity contribution in [2.24, 2.45) is 5.73 Å². The number of benzene rings is 5. The van der Waals surface area contributed by atoms with E-state index in [9.17, 15) is 14.4 Å². The molecule has 0 bridgehead atoms. The Bertz CT molecular complexity index is 1710. The van der Waals surface area contributed by atoms with Crippen molar-refractivity contribution in [1.82, 2.24) is 10.2 Å². The number of carbonyl (C=O) groups excluding carboxylic acids is 3. The third-order valence-corrected chi connectivity index (χ3v) is 8.18. The van der Waals surface area contributed by atoms with Crippen molar-refractivity contribution in [1.29, 1.82) is 0 Å². The molecular formula is C41H41N3O5. The molecule has 0 fully saturated rings. The summed E-state index contributed by atoms with van der Waals surface area (Å²) in [6.45, 7) is 0.662. The van der Waals surface area contributed by atoms with Crippen LogP contribution in [0.3, 0.4) is 0 Å². The summed E-state index contributed by atoms with van der Waals surface area (Å²) in [5.74, 6) is -0.0343. The van der Waals surface area contributed by atoms with Crippen LogP contribution < -0.4 is 15.8 Å². The zero-order valence-electron chi connectivity index (χ0n) is 27.3. The number of nitrogens with two attached hydrogens (primary N) is 1. The molecule has 8 nitrogen and oxygen atoms in total. The highest BCUT2D eigenvalue weighted by Gasteiger charge is 2.34. The predicted molar refractivity (Wildman–Crippen MR) is 190 cm³/mol. The summed E-state index contributed by atoms with van der Waals surface area (Å²) < 4.78 is 11.3. The maximum atomic E-state index is 14.6. The Labute approximate surface area is 287 Å². The third-order valence-electron chi connectivity index (χ3n) is 8.18. The Morgan fingerprint density at radius 1 is 0.653 bits per heavy atom. The number of alkyl carbamates (subject to hydrolysis) is 1. The average molecular weight is 656 g/mol. The van der Waals surface area contributed by atoms with Gasteiger partial charge in [-0.1, -0.05) is 121 Å². The Balaban J connectivity index is 1.31. The van der Waals surface area contributed by atoms with Gasteiger partial charge < -0.3 is 25.4 Å². The summed E-state index contributed by atoms with van der Waals surface area (Å²) in [5.41, 5.74) is 9.49. The first kappa shape index (κ1) is 34.4. The van der Waals surface area contributed by atoms with Crippen LogP contribution in [-0.2, 0) is 27.4 Å². The molecule has 250 valence electrons. The highest BCUT2D eigenvalue weighted by molar-refractivity contribution is 5.92. The van der Waals surface area contributed by atoms with Gasteiger partial charge in [0.1, 0.15) is 24.1 Å². The number of rotatable bonds is 16. The van der Waals surface area contributed by atoms with Crippen molar-refractivity contribution in [3.05, 3.63) is 168 Å². The van der Waals surface area contributed by atoms with E-state index >= 15 is 0 Å². The van der Waals surface area contributed by atoms with E-state index in [0.29, 0.717) is 18.6 Å². The van der Waals surface area contributed by atoms with Crippen LogP contribution in [0.15, 0.2) is 146 Å². The van der Waals surface area contributed by atoms with Crippen molar-refractivity contribution in [2.45, 2.75) is 37.8 Å². The maximum absolute atomic E-state index is 14.6. The lowest BCUT2D eigenvalue weighted by molar-refractivity contribution is -0.140. The molecule has 0 aliphatic rings. The van der Waals surface area contributed by atoms with E-state index in [-0.39, 0.29) is 32.0 Å². The quantitative estimate of drug-likeness (QED) is 0.109. The number of hydrogen-bond acceptors (Lipinski definition) is 5. The summed E-state index contributed by atoms with van der Waals surface area (Å²) in [5, 5.41) is 2.74. The molecule has 3 N–H and O–H groups in total. The molecule has 0 aromatic heterocycles. The molecule has 3 amide bonds. The third kappa shape index (κ3) is 10.3. The van der Waals surface area contributed by atoms with E-state index in [4.69, 9.17) is 15.2 Å². The molecule has 0 unspecified atom stereocenters. The number of carbonyl (C=O) groups is 3. The van der Waals surface area contributed by atoms with E-state index < -0.39 is 24.0 Å². The number of primary amides is 1. The van der Waals surface area contributed by atoms with Crippen LogP contribution in [0.25, 0.3) is 0 Å². The van der Waals surface area contributed by atoms with Gasteiger partial charge in [0.25, 0.3) is 0 Å². The molecule has 0 saturated heterocycles. The van der Waals surface area contributed by atoms with Crippen LogP contribution in [-0.4, -0.2) is 41.9 Å². The maximum Gasteiger partial charge on any atom is 0.407 e. The number of nitrogens with one attached hydrogen (secondary N) is 1. The molecule has 5 aromatic carbocycles. The van der Waals surface area contributed by atoms with Gasteiger partial charge in [0, 0.05) is 13.1 Å². The highest BCUT2D eigenvalue weighted by atomic mass is 16.5. The monoisotopic (exact) mass is 655 g/mol. The van der Waals surface area contributed by atoms with Crippen LogP contribution in [0, 0.1) is 0 Å². The summed E-state index contributed by atoms with van der Waals surface area (Å²) in [7, 11) is 0. The van der Waals surface area contributed by atoms with Gasteiger partial charge in [0.2, 0.25) is 11.8 Å². The van der Waals surface area contributed by atoms with Crippen LogP contribution in [0.4, 0.5) is 4.79 Å². The first-order chi connectivity index (χ1) is 24.0. The molecule has 1 atom stereocenters. The average Bonchev–Trinajstić information content (AvgIpc) is 3.14. The van der Waals surface area contributed by atoms with E-state index in [0.717, 1.165) is 28.0 Å². The molecule has 0 heterocycles. The molecule has 0 aliphatic carbocycles. The SMILES string of the molecule is NC(=O)[C@@H](CCCNC(=O)OCc1ccccc1)N(CCc1ccc(Oc2ccccc2)cc1)C(=O)C(c1ccccc1)c1ccccc1. The lowest BCUT2D eigenvalue weighted by atomic mass is 9.89. The molecule has 49 heavy (non-hydrogen) atoms. The number of hydrogen-bond donors (Lipinski definition) is 2. The molecule has 5 aromatic rings. The minimum atomic E-state index is -0.898. The minimum absolute atomic E-state index is 0.151. The Hall–Kier alpha value is -5.89. The molecule has 0 radical (unpaired) electrons. The van der Waals surface area contributed by atoms with Gasteiger partial charge in [-0.25, -0.2) is 4.79 Å². The summed E-state index contributed by atoms with van der Waals surface area (Å²) >= 11 is 0. The normalized spacial score (nSPS) is 11.4. The molecule has 0 aliphatic heterocycles. The van der Waals surface area contributed by atoms with Crippen molar-refractivity contribution >= 4 is 17.9 Å². The van der Waals surface area contributed by atoms with Crippen molar-refractivity contribution in [3.8, 4) is 11.5 Å². The number of nitrogens with zero attached hydrogens (tertiary/aromatic N) is 1. The predicted octanol–water partition coefficient (Wildman–Crippen LogP) is 7.24. The van der Waals surface area contributed by atoms with Gasteiger partial charge in [-0.15, -0.1) is 0 Å². The second-order valence-corrected chi connectivity index (χ2v) is 11.6. The molecule has 0 saturated carbocycles. The molecular weight excluding hydrogens is 614 g/mol. The fourth-order valence-corrected chi connectivity index (χ4v) is 5.66. The zero-order valence-corrected chi connectivity index (χ0v) is 27.3. The Kier molecular flexibility index (Phi) is 12.6. The number of amides is 3. The Morgan fingerprint density at radius 3 is 1.76 bits per heavy atom. The second-order valence-electron chi connectivity index (χ2n) is 11.6. The van der Waals surface area contributed by atoms with Crippen molar-refractivity contribution in [2.75, 3.05) is 13.1 Å². The van der Waals surface area contributed by atoms with Crippen LogP contribution in [0.2, 0.25) is 0 Å². The second kappa shape index (κ2) is 17.9. The summed E-state index contributed by atoms with van der Waals surface area (Å²) in [6.07, 6.45) is 0.604. The van der Waals surface area contributed by atoms with Gasteiger partial charge in [-0.3, -0.25) is 9.59 Å². The first-order valence-corrected chi connectivity index (χ1v) is 16.4. The summed E-state index contributed by atoms with van der Waals surface area (Å²) in [4.78, 5) is 41.6. The first-order valence-electron chi connectivity index (χ1n) is 16.4. The van der Waals surface area contributed by atoms with Gasteiger partial charge in [0.15, 0.2) is 0 Å². The van der Waals surface area contributed by atoms with Gasteiger partial charge in [-0.2, -0.15) is 0 Å². The molecule has 0 spiro atoms. The van der Waals surface area contributed by atoms with Crippen molar-refractivity contribution < 1.29 is 23.9 Å². The van der Waals surface area contributed by atoms with Crippen LogP contribution in [0.5, 0.6) is 11.5 Å². The van der Waals surface area contributed by atoms with Gasteiger partial charge in [-0.05, 0) is 65.8 Å². The fraction of sp³-hybridized carbons (Fsp3) is 0.195. The van der Waals surface area contributed by atoms with E-state index in [1.165, 1.54) is 0 Å². The van der Waals surface area contributed by atoms with E-state index in [1.807, 2.05) is 146 Å². The number of ether oxygens (including phenoxy) is 2. The van der Waals surface area contributed by atoms with Crippen LogP contribution >= 0.6 is 0 Å². The lowest BCUT2D eigenvalue weighted by Gasteiger charge is -2.33. The lowest BCUT2D eigenvalue weighted by Crippen LogP contribution is -2.50. The molecule has 8 heteroatoms. The summed E-state index contributed by atoms with van der Waals surface area (Å²) in [6, 6.07) is 44.8. The van der Waals surface area contributed by atoms with E-state index in [1.54, 1.807) is 4.90 Å². The van der Waals surface area contributed by atoms with Crippen molar-refractivity contribution in [3.63, 3.8) is 0 Å². The molecule has 5 rings (SSSR count). The fourth-order valence-electron chi connectivity index (χ4n) is 5.66. The topological polar surface area (TPSA) is 111 Å². The van der Waals surface area contributed by atoms with Gasteiger partial charge >= 0.3 is 6.09 Å². The largest absolute Gasteiger partial charge is 0.457 e. The zero-order chi connectivity index (χ0) is 34.3. The van der Waals surface area contributed by atoms with Gasteiger partial charge in [0.05, 0.1) is 5.92 Å². The Morgan fingerprint density at radius 2 is 1.18 bits per heavy atom. The highest BCUT2D eigenvalue weighted by Crippen LogP contribution is 2.29.